The van der Waals surface area contributed by atoms with Gasteiger partial charge in [-0.2, -0.15) is 0 Å². The predicted octanol–water partition coefficient (Wildman–Crippen LogP) is 5.63. The third kappa shape index (κ3) is 7.44. The van der Waals surface area contributed by atoms with Crippen molar-refractivity contribution in [3.63, 3.8) is 0 Å². The van der Waals surface area contributed by atoms with Gasteiger partial charge in [0.05, 0.1) is 6.54 Å². The van der Waals surface area contributed by atoms with Crippen LogP contribution in [0.1, 0.15) is 37.0 Å². The van der Waals surface area contributed by atoms with Crippen molar-refractivity contribution >= 4 is 28.7 Å². The Labute approximate surface area is 257 Å². The minimum atomic E-state index is -1.75. The molecule has 0 bridgehead atoms. The van der Waals surface area contributed by atoms with Crippen LogP contribution in [0.2, 0.25) is 0 Å². The van der Waals surface area contributed by atoms with Gasteiger partial charge in [-0.1, -0.05) is 86.6 Å². The number of esters is 1. The molecule has 4 aromatic carbocycles. The topological polar surface area (TPSA) is 116 Å². The van der Waals surface area contributed by atoms with Gasteiger partial charge < -0.3 is 25.2 Å². The molecule has 44 heavy (non-hydrogen) atoms. The van der Waals surface area contributed by atoms with E-state index in [2.05, 4.69) is 29.6 Å². The molecule has 3 N–H and O–H groups in total. The molecule has 8 heteroatoms. The summed E-state index contributed by atoms with van der Waals surface area (Å²) in [6.45, 7) is 3.54. The monoisotopic (exact) mass is 594 g/mol. The number of aryl methyl sites for hydroxylation is 2. The summed E-state index contributed by atoms with van der Waals surface area (Å²) in [5.74, 6) is -1.63. The number of carbonyl (C=O) groups is 3. The maximum Gasteiger partial charge on any atom is 0.334 e. The van der Waals surface area contributed by atoms with Crippen LogP contribution < -0.4 is 10.1 Å². The van der Waals surface area contributed by atoms with Crippen LogP contribution in [-0.2, 0) is 28.9 Å². The lowest BCUT2D eigenvalue weighted by Crippen LogP contribution is -2.53. The average molecular weight is 595 g/mol. The number of nitrogens with one attached hydrogen (secondary N) is 1. The van der Waals surface area contributed by atoms with Crippen molar-refractivity contribution in [3.8, 4) is 16.9 Å². The summed E-state index contributed by atoms with van der Waals surface area (Å²) in [7, 11) is 0. The van der Waals surface area contributed by atoms with E-state index < -0.39 is 36.7 Å². The highest BCUT2D eigenvalue weighted by atomic mass is 16.5. The van der Waals surface area contributed by atoms with Gasteiger partial charge in [-0.25, -0.2) is 14.4 Å². The summed E-state index contributed by atoms with van der Waals surface area (Å²) in [5.41, 5.74) is 5.34. The maximum atomic E-state index is 13.6. The van der Waals surface area contributed by atoms with E-state index in [-0.39, 0.29) is 18.9 Å². The Bertz CT molecular complexity index is 1640. The van der Waals surface area contributed by atoms with Crippen LogP contribution in [0, 0.1) is 5.92 Å². The highest BCUT2D eigenvalue weighted by molar-refractivity contribution is 5.96. The van der Waals surface area contributed by atoms with Gasteiger partial charge in [0, 0.05) is 13.0 Å². The van der Waals surface area contributed by atoms with Crippen LogP contribution in [-0.4, -0.2) is 58.3 Å². The number of hydrogen-bond acceptors (Lipinski definition) is 5. The number of carboxylic acid groups (broad SMARTS) is 1. The standard InChI is InChI=1S/C36H38N2O6/c1-23(2)21-38(22-33(39)34(40)41)36(43)37-32(35(42)44-29-18-17-25-8-5-10-28(25)20-29)19-24-13-15-27(16-14-24)31-12-6-9-26-7-3-4-11-30(26)31/h3-4,6-7,9,11-18,20,23,32-33,39H,5,8,10,19,21-22H2,1-2H3,(H,37,43)(H,40,41)/t32-,33?/m0/s1. The van der Waals surface area contributed by atoms with Gasteiger partial charge in [-0.05, 0) is 75.9 Å². The van der Waals surface area contributed by atoms with Crippen molar-refractivity contribution in [3.05, 3.63) is 102 Å². The van der Waals surface area contributed by atoms with Gasteiger partial charge in [0.2, 0.25) is 0 Å². The SMILES string of the molecule is CC(C)CN(CC(O)C(=O)O)C(=O)N[C@@H](Cc1ccc(-c2cccc3ccccc23)cc1)C(=O)Oc1ccc2c(c1)CCC2. The number of benzene rings is 4. The maximum absolute atomic E-state index is 13.6. The molecule has 8 nitrogen and oxygen atoms in total. The number of fused-ring (bicyclic) bond motifs is 2. The van der Waals surface area contributed by atoms with Crippen LogP contribution >= 0.6 is 0 Å². The number of carboxylic acids is 1. The van der Waals surface area contributed by atoms with Crippen LogP contribution in [0.25, 0.3) is 21.9 Å². The van der Waals surface area contributed by atoms with E-state index in [9.17, 15) is 24.6 Å². The molecular weight excluding hydrogens is 556 g/mol. The number of ether oxygens (including phenoxy) is 1. The summed E-state index contributed by atoms with van der Waals surface area (Å²) in [5, 5.41) is 24.3. The third-order valence-corrected chi connectivity index (χ3v) is 7.92. The molecule has 0 heterocycles. The molecule has 1 unspecified atom stereocenters. The molecule has 4 aromatic rings. The number of hydrogen-bond donors (Lipinski definition) is 3. The molecule has 0 spiro atoms. The molecule has 0 saturated carbocycles. The molecule has 0 radical (unpaired) electrons. The smallest absolute Gasteiger partial charge is 0.334 e. The zero-order valence-corrected chi connectivity index (χ0v) is 25.0. The molecule has 5 rings (SSSR count). The molecule has 1 aliphatic carbocycles. The zero-order valence-electron chi connectivity index (χ0n) is 25.0. The fourth-order valence-corrected chi connectivity index (χ4v) is 5.73. The number of carbonyl (C=O) groups excluding carboxylic acids is 2. The minimum absolute atomic E-state index is 0.000159. The van der Waals surface area contributed by atoms with Crippen molar-refractivity contribution in [2.45, 2.75) is 51.7 Å². The molecule has 0 aliphatic heterocycles. The Balaban J connectivity index is 1.38. The van der Waals surface area contributed by atoms with Gasteiger partial charge in [-0.15, -0.1) is 0 Å². The highest BCUT2D eigenvalue weighted by Gasteiger charge is 2.29. The second-order valence-electron chi connectivity index (χ2n) is 11.8. The molecule has 2 amide bonds. The Hall–Kier alpha value is -4.69. The molecule has 228 valence electrons. The van der Waals surface area contributed by atoms with E-state index in [0.717, 1.165) is 52.3 Å². The quantitative estimate of drug-likeness (QED) is 0.153. The summed E-state index contributed by atoms with van der Waals surface area (Å²) in [4.78, 5) is 39.5. The van der Waals surface area contributed by atoms with Crippen molar-refractivity contribution in [2.24, 2.45) is 5.92 Å². The van der Waals surface area contributed by atoms with E-state index in [4.69, 9.17) is 4.74 Å². The first-order chi connectivity index (χ1) is 21.2. The Morgan fingerprint density at radius 1 is 0.886 bits per heavy atom. The van der Waals surface area contributed by atoms with Crippen molar-refractivity contribution < 1.29 is 29.3 Å². The second kappa shape index (κ2) is 13.7. The number of rotatable bonds is 11. The first-order valence-electron chi connectivity index (χ1n) is 15.0. The van der Waals surface area contributed by atoms with Gasteiger partial charge in [-0.3, -0.25) is 0 Å². The van der Waals surface area contributed by atoms with Crippen LogP contribution in [0.3, 0.4) is 0 Å². The van der Waals surface area contributed by atoms with Crippen LogP contribution in [0.15, 0.2) is 84.9 Å². The lowest BCUT2D eigenvalue weighted by atomic mass is 9.96. The number of amides is 2. The first-order valence-corrected chi connectivity index (χ1v) is 15.0. The lowest BCUT2D eigenvalue weighted by molar-refractivity contribution is -0.147. The summed E-state index contributed by atoms with van der Waals surface area (Å²) >= 11 is 0. The van der Waals surface area contributed by atoms with E-state index in [0.29, 0.717) is 5.75 Å². The zero-order chi connectivity index (χ0) is 31.2. The van der Waals surface area contributed by atoms with Crippen molar-refractivity contribution in [2.75, 3.05) is 13.1 Å². The van der Waals surface area contributed by atoms with E-state index in [1.165, 1.54) is 10.5 Å². The molecule has 2 atom stereocenters. The number of aliphatic carboxylic acids is 1. The first kappa shape index (κ1) is 30.8. The molecule has 1 aliphatic rings. The number of aliphatic hydroxyl groups is 1. The molecule has 0 fully saturated rings. The summed E-state index contributed by atoms with van der Waals surface area (Å²) in [6, 6.07) is 26.1. The van der Waals surface area contributed by atoms with E-state index in [1.807, 2.05) is 68.4 Å². The normalized spacial score (nSPS) is 13.7. The molecule has 0 aromatic heterocycles. The third-order valence-electron chi connectivity index (χ3n) is 7.92. The minimum Gasteiger partial charge on any atom is -0.479 e. The summed E-state index contributed by atoms with van der Waals surface area (Å²) in [6.07, 6.45) is 1.40. The van der Waals surface area contributed by atoms with Gasteiger partial charge in [0.25, 0.3) is 0 Å². The largest absolute Gasteiger partial charge is 0.479 e. The average Bonchev–Trinajstić information content (AvgIpc) is 3.48. The lowest BCUT2D eigenvalue weighted by Gasteiger charge is -2.28. The number of nitrogens with zero attached hydrogens (tertiary/aromatic N) is 1. The highest BCUT2D eigenvalue weighted by Crippen LogP contribution is 2.29. The predicted molar refractivity (Wildman–Crippen MR) is 170 cm³/mol. The number of aliphatic hydroxyl groups excluding tert-OH is 1. The van der Waals surface area contributed by atoms with Gasteiger partial charge in [0.1, 0.15) is 11.8 Å². The Morgan fingerprint density at radius 3 is 2.36 bits per heavy atom. The van der Waals surface area contributed by atoms with Gasteiger partial charge in [0.15, 0.2) is 6.10 Å². The van der Waals surface area contributed by atoms with Crippen LogP contribution in [0.5, 0.6) is 5.75 Å². The van der Waals surface area contributed by atoms with Crippen molar-refractivity contribution in [1.82, 2.24) is 10.2 Å². The second-order valence-corrected chi connectivity index (χ2v) is 11.8. The summed E-state index contributed by atoms with van der Waals surface area (Å²) < 4.78 is 5.78. The van der Waals surface area contributed by atoms with E-state index >= 15 is 0 Å². The molecular formula is C36H38N2O6. The van der Waals surface area contributed by atoms with Crippen LogP contribution in [0.4, 0.5) is 4.79 Å². The van der Waals surface area contributed by atoms with Gasteiger partial charge >= 0.3 is 18.0 Å². The van der Waals surface area contributed by atoms with Crippen molar-refractivity contribution in [1.29, 1.82) is 0 Å². The molecule has 0 saturated heterocycles. The Morgan fingerprint density at radius 2 is 1.61 bits per heavy atom. The number of urea groups is 1. The fraction of sp³-hybridized carbons (Fsp3) is 0.306. The van der Waals surface area contributed by atoms with E-state index in [1.54, 1.807) is 6.07 Å². The fourth-order valence-electron chi connectivity index (χ4n) is 5.73. The Kier molecular flexibility index (Phi) is 9.60.